The van der Waals surface area contributed by atoms with Gasteiger partial charge in [0.2, 0.25) is 0 Å². The van der Waals surface area contributed by atoms with Crippen LogP contribution in [0.1, 0.15) is 55.7 Å². The second kappa shape index (κ2) is 6.38. The number of benzene rings is 1. The largest absolute Gasteiger partial charge is 0.310 e. The average molecular weight is 245 g/mol. The zero-order valence-corrected chi connectivity index (χ0v) is 12.1. The van der Waals surface area contributed by atoms with E-state index in [9.17, 15) is 0 Å². The highest BCUT2D eigenvalue weighted by molar-refractivity contribution is 5.30. The molecule has 0 aromatic heterocycles. The van der Waals surface area contributed by atoms with E-state index in [0.29, 0.717) is 0 Å². The Kier molecular flexibility index (Phi) is 4.82. The van der Waals surface area contributed by atoms with Crippen LogP contribution < -0.4 is 5.32 Å². The quantitative estimate of drug-likeness (QED) is 0.780. The summed E-state index contributed by atoms with van der Waals surface area (Å²) in [6.07, 6.45) is 6.92. The van der Waals surface area contributed by atoms with Crippen LogP contribution >= 0.6 is 0 Å². The van der Waals surface area contributed by atoms with Gasteiger partial charge >= 0.3 is 0 Å². The van der Waals surface area contributed by atoms with Crippen LogP contribution in [-0.2, 0) is 6.54 Å². The fraction of sp³-hybridized carbons (Fsp3) is 0.647. The van der Waals surface area contributed by atoms with E-state index in [2.05, 4.69) is 44.3 Å². The lowest BCUT2D eigenvalue weighted by atomic mass is 10.0. The number of aryl methyl sites for hydroxylation is 2. The third-order valence-electron chi connectivity index (χ3n) is 4.34. The van der Waals surface area contributed by atoms with Crippen LogP contribution in [-0.4, -0.2) is 6.04 Å². The molecule has 0 aliphatic heterocycles. The fourth-order valence-corrected chi connectivity index (χ4v) is 2.94. The second-order valence-corrected chi connectivity index (χ2v) is 6.12. The summed E-state index contributed by atoms with van der Waals surface area (Å²) in [4.78, 5) is 0. The average Bonchev–Trinajstić information content (AvgIpc) is 2.55. The molecule has 0 radical (unpaired) electrons. The minimum Gasteiger partial charge on any atom is -0.310 e. The smallest absolute Gasteiger partial charge is 0.0210 e. The highest BCUT2D eigenvalue weighted by Gasteiger charge is 2.15. The van der Waals surface area contributed by atoms with Gasteiger partial charge in [0.25, 0.3) is 0 Å². The maximum atomic E-state index is 3.77. The summed E-state index contributed by atoms with van der Waals surface area (Å²) in [6.45, 7) is 7.82. The lowest BCUT2D eigenvalue weighted by Crippen LogP contribution is -2.28. The maximum Gasteiger partial charge on any atom is 0.0210 e. The number of hydrogen-bond donors (Lipinski definition) is 1. The Labute approximate surface area is 112 Å². The van der Waals surface area contributed by atoms with Crippen molar-refractivity contribution < 1.29 is 0 Å². The summed E-state index contributed by atoms with van der Waals surface area (Å²) < 4.78 is 0. The van der Waals surface area contributed by atoms with E-state index < -0.39 is 0 Å². The topological polar surface area (TPSA) is 12.0 Å². The number of nitrogens with one attached hydrogen (secondary N) is 1. The van der Waals surface area contributed by atoms with E-state index in [1.807, 2.05) is 0 Å². The van der Waals surface area contributed by atoms with Crippen LogP contribution in [0.4, 0.5) is 0 Å². The summed E-state index contributed by atoms with van der Waals surface area (Å²) in [5.41, 5.74) is 4.24. The summed E-state index contributed by atoms with van der Waals surface area (Å²) in [5, 5.41) is 3.77. The molecule has 0 saturated heterocycles. The molecule has 1 heteroatoms. The first-order valence-corrected chi connectivity index (χ1v) is 7.44. The summed E-state index contributed by atoms with van der Waals surface area (Å²) >= 11 is 0. The van der Waals surface area contributed by atoms with Gasteiger partial charge in [-0.25, -0.2) is 0 Å². The molecule has 1 saturated carbocycles. The van der Waals surface area contributed by atoms with Crippen molar-refractivity contribution in [2.45, 2.75) is 65.5 Å². The highest BCUT2D eigenvalue weighted by Crippen LogP contribution is 2.23. The van der Waals surface area contributed by atoms with Gasteiger partial charge < -0.3 is 5.32 Å². The SMILES string of the molecule is Cc1ccc(C)c(CNC2CCCC(C)CC2)c1. The Morgan fingerprint density at radius 3 is 2.78 bits per heavy atom. The number of hydrogen-bond acceptors (Lipinski definition) is 1. The Morgan fingerprint density at radius 2 is 1.94 bits per heavy atom. The Morgan fingerprint density at radius 1 is 1.11 bits per heavy atom. The molecule has 0 heterocycles. The molecule has 1 fully saturated rings. The van der Waals surface area contributed by atoms with Crippen LogP contribution in [0.2, 0.25) is 0 Å². The molecule has 2 rings (SSSR count). The maximum absolute atomic E-state index is 3.77. The van der Waals surface area contributed by atoms with Gasteiger partial charge in [0, 0.05) is 12.6 Å². The first-order chi connectivity index (χ1) is 8.65. The molecule has 100 valence electrons. The molecule has 1 N–H and O–H groups in total. The van der Waals surface area contributed by atoms with E-state index in [1.165, 1.54) is 48.8 Å². The van der Waals surface area contributed by atoms with Gasteiger partial charge in [-0.2, -0.15) is 0 Å². The van der Waals surface area contributed by atoms with Crippen molar-refractivity contribution in [1.29, 1.82) is 0 Å². The molecule has 1 aliphatic carbocycles. The third-order valence-corrected chi connectivity index (χ3v) is 4.34. The van der Waals surface area contributed by atoms with Gasteiger partial charge in [-0.15, -0.1) is 0 Å². The molecule has 18 heavy (non-hydrogen) atoms. The summed E-state index contributed by atoms with van der Waals surface area (Å²) in [7, 11) is 0. The van der Waals surface area contributed by atoms with Gasteiger partial charge in [-0.1, -0.05) is 43.5 Å². The van der Waals surface area contributed by atoms with Crippen molar-refractivity contribution in [2.24, 2.45) is 5.92 Å². The predicted molar refractivity (Wildman–Crippen MR) is 78.8 cm³/mol. The van der Waals surface area contributed by atoms with Crippen molar-refractivity contribution >= 4 is 0 Å². The van der Waals surface area contributed by atoms with Crippen molar-refractivity contribution in [3.63, 3.8) is 0 Å². The molecule has 1 nitrogen and oxygen atoms in total. The lowest BCUT2D eigenvalue weighted by Gasteiger charge is -2.17. The van der Waals surface area contributed by atoms with E-state index in [1.54, 1.807) is 0 Å². The lowest BCUT2D eigenvalue weighted by molar-refractivity contribution is 0.447. The first-order valence-electron chi connectivity index (χ1n) is 7.44. The van der Waals surface area contributed by atoms with Gasteiger partial charge in [0.05, 0.1) is 0 Å². The minimum absolute atomic E-state index is 0.731. The van der Waals surface area contributed by atoms with Crippen molar-refractivity contribution in [3.05, 3.63) is 34.9 Å². The molecule has 2 unspecified atom stereocenters. The highest BCUT2D eigenvalue weighted by atomic mass is 14.9. The zero-order chi connectivity index (χ0) is 13.0. The minimum atomic E-state index is 0.731. The first kappa shape index (κ1) is 13.6. The predicted octanol–water partition coefficient (Wildman–Crippen LogP) is 4.36. The monoisotopic (exact) mass is 245 g/mol. The Bertz CT molecular complexity index is 383. The van der Waals surface area contributed by atoms with E-state index >= 15 is 0 Å². The third kappa shape index (κ3) is 3.84. The van der Waals surface area contributed by atoms with E-state index in [4.69, 9.17) is 0 Å². The standard InChI is InChI=1S/C17H27N/c1-13-5-4-6-17(10-8-13)18-12-16-11-14(2)7-9-15(16)3/h7,9,11,13,17-18H,4-6,8,10,12H2,1-3H3. The molecule has 2 atom stereocenters. The molecule has 1 aromatic carbocycles. The summed E-state index contributed by atoms with van der Waals surface area (Å²) in [6, 6.07) is 7.49. The zero-order valence-electron chi connectivity index (χ0n) is 12.1. The van der Waals surface area contributed by atoms with Crippen LogP contribution in [0.5, 0.6) is 0 Å². The molecular formula is C17H27N. The molecule has 1 aliphatic rings. The van der Waals surface area contributed by atoms with Gasteiger partial charge in [0.15, 0.2) is 0 Å². The van der Waals surface area contributed by atoms with Crippen LogP contribution in [0, 0.1) is 19.8 Å². The molecule has 0 bridgehead atoms. The number of rotatable bonds is 3. The van der Waals surface area contributed by atoms with Crippen LogP contribution in [0.3, 0.4) is 0 Å². The van der Waals surface area contributed by atoms with E-state index in [-0.39, 0.29) is 0 Å². The normalized spacial score (nSPS) is 24.8. The molecule has 1 aromatic rings. The van der Waals surface area contributed by atoms with Crippen molar-refractivity contribution in [3.8, 4) is 0 Å². The van der Waals surface area contributed by atoms with Gasteiger partial charge in [0.1, 0.15) is 0 Å². The molecule has 0 spiro atoms. The van der Waals surface area contributed by atoms with E-state index in [0.717, 1.165) is 18.5 Å². The second-order valence-electron chi connectivity index (χ2n) is 6.12. The van der Waals surface area contributed by atoms with Crippen molar-refractivity contribution in [1.82, 2.24) is 5.32 Å². The van der Waals surface area contributed by atoms with Gasteiger partial charge in [-0.05, 0) is 50.2 Å². The molecular weight excluding hydrogens is 218 g/mol. The van der Waals surface area contributed by atoms with Crippen LogP contribution in [0.15, 0.2) is 18.2 Å². The van der Waals surface area contributed by atoms with Gasteiger partial charge in [-0.3, -0.25) is 0 Å². The molecule has 0 amide bonds. The van der Waals surface area contributed by atoms with Crippen molar-refractivity contribution in [2.75, 3.05) is 0 Å². The summed E-state index contributed by atoms with van der Waals surface area (Å²) in [5.74, 6) is 0.928. The Balaban J connectivity index is 1.88. The Hall–Kier alpha value is -0.820. The van der Waals surface area contributed by atoms with Crippen LogP contribution in [0.25, 0.3) is 0 Å². The fourth-order valence-electron chi connectivity index (χ4n) is 2.94.